The van der Waals surface area contributed by atoms with Crippen molar-refractivity contribution >= 4 is 35.0 Å². The van der Waals surface area contributed by atoms with Crippen molar-refractivity contribution in [2.75, 3.05) is 32.9 Å². The number of benzene rings is 1. The van der Waals surface area contributed by atoms with Crippen LogP contribution in [0.4, 0.5) is 0 Å². The van der Waals surface area contributed by atoms with Crippen molar-refractivity contribution in [1.29, 1.82) is 0 Å². The third-order valence-corrected chi connectivity index (χ3v) is 3.81. The molecule has 0 saturated carbocycles. The summed E-state index contributed by atoms with van der Waals surface area (Å²) in [4.78, 5) is 14.8. The van der Waals surface area contributed by atoms with E-state index in [1.165, 1.54) is 17.3 Å². The molecular weight excluding hydrogens is 304 g/mol. The number of hydrogen-bond acceptors (Lipinski definition) is 4. The summed E-state index contributed by atoms with van der Waals surface area (Å²) in [5.74, 6) is 0.230. The van der Waals surface area contributed by atoms with Crippen LogP contribution in [0.3, 0.4) is 0 Å². The number of nitrogens with one attached hydrogen (secondary N) is 3. The minimum Gasteiger partial charge on any atom is -0.360 e. The van der Waals surface area contributed by atoms with Gasteiger partial charge in [-0.2, -0.15) is 0 Å². The second-order valence-electron chi connectivity index (χ2n) is 4.83. The van der Waals surface area contributed by atoms with Crippen LogP contribution in [0.1, 0.15) is 5.56 Å². The fourth-order valence-corrected chi connectivity index (χ4v) is 2.23. The number of hydrazine groups is 1. The Balaban J connectivity index is 2.16. The van der Waals surface area contributed by atoms with Gasteiger partial charge in [0, 0.05) is 18.0 Å². The number of likely N-dealkylation sites (N-methyl/N-ethyl adjacent to an activating group) is 1. The number of thioether (sulfide) groups is 1. The topological polar surface area (TPSA) is 56.4 Å². The first-order valence-corrected chi connectivity index (χ1v) is 8.03. The minimum absolute atomic E-state index is 0.114. The van der Waals surface area contributed by atoms with Crippen LogP contribution in [0, 0.1) is 6.92 Å². The molecule has 0 bridgehead atoms. The van der Waals surface area contributed by atoms with Gasteiger partial charge in [-0.3, -0.25) is 15.6 Å². The number of carbonyl (C=O) groups is 1. The van der Waals surface area contributed by atoms with E-state index in [9.17, 15) is 4.79 Å². The fourth-order valence-electron chi connectivity index (χ4n) is 1.38. The molecule has 116 valence electrons. The first kappa shape index (κ1) is 17.7. The van der Waals surface area contributed by atoms with Crippen LogP contribution < -0.4 is 16.2 Å². The molecule has 0 atom stereocenters. The summed E-state index contributed by atoms with van der Waals surface area (Å²) in [7, 11) is 3.98. The van der Waals surface area contributed by atoms with E-state index in [0.29, 0.717) is 10.9 Å². The summed E-state index contributed by atoms with van der Waals surface area (Å²) in [5, 5.41) is 3.43. The van der Waals surface area contributed by atoms with Gasteiger partial charge in [-0.15, -0.1) is 11.8 Å². The average molecular weight is 326 g/mol. The number of thiocarbonyl (C=S) groups is 1. The number of amides is 1. The zero-order valence-corrected chi connectivity index (χ0v) is 14.2. The lowest BCUT2D eigenvalue weighted by Gasteiger charge is -2.13. The monoisotopic (exact) mass is 326 g/mol. The van der Waals surface area contributed by atoms with E-state index >= 15 is 0 Å². The first-order chi connectivity index (χ1) is 9.97. The maximum Gasteiger partial charge on any atom is 0.248 e. The van der Waals surface area contributed by atoms with Gasteiger partial charge < -0.3 is 10.2 Å². The Morgan fingerprint density at radius 1 is 1.24 bits per heavy atom. The SMILES string of the molecule is Cc1ccc(SCC(=O)NNC(=S)NCCN(C)C)cc1. The van der Waals surface area contributed by atoms with Crippen LogP contribution in [0.5, 0.6) is 0 Å². The summed E-state index contributed by atoms with van der Waals surface area (Å²) >= 11 is 6.54. The molecule has 0 saturated heterocycles. The molecule has 1 amide bonds. The average Bonchev–Trinajstić information content (AvgIpc) is 2.44. The molecule has 0 heterocycles. The minimum atomic E-state index is -0.114. The predicted molar refractivity (Wildman–Crippen MR) is 92.3 cm³/mol. The maximum absolute atomic E-state index is 11.7. The standard InChI is InChI=1S/C14H22N4OS2/c1-11-4-6-12(7-5-11)21-10-13(19)16-17-14(20)15-8-9-18(2)3/h4-7H,8-10H2,1-3H3,(H,16,19)(H2,15,17,20). The van der Waals surface area contributed by atoms with Crippen LogP contribution in [0.15, 0.2) is 29.2 Å². The predicted octanol–water partition coefficient (Wildman–Crippen LogP) is 1.14. The lowest BCUT2D eigenvalue weighted by molar-refractivity contribution is -0.119. The second kappa shape index (κ2) is 9.59. The molecule has 7 heteroatoms. The number of hydrogen-bond donors (Lipinski definition) is 3. The first-order valence-electron chi connectivity index (χ1n) is 6.64. The molecule has 0 aromatic heterocycles. The summed E-state index contributed by atoms with van der Waals surface area (Å²) in [6.07, 6.45) is 0. The highest BCUT2D eigenvalue weighted by molar-refractivity contribution is 8.00. The van der Waals surface area contributed by atoms with Crippen molar-refractivity contribution in [3.05, 3.63) is 29.8 Å². The number of rotatable bonds is 6. The Morgan fingerprint density at radius 2 is 1.90 bits per heavy atom. The van der Waals surface area contributed by atoms with Crippen molar-refractivity contribution < 1.29 is 4.79 Å². The highest BCUT2D eigenvalue weighted by Crippen LogP contribution is 2.17. The maximum atomic E-state index is 11.7. The van der Waals surface area contributed by atoms with Gasteiger partial charge in [0.25, 0.3) is 0 Å². The van der Waals surface area contributed by atoms with E-state index in [1.54, 1.807) is 0 Å². The van der Waals surface area contributed by atoms with E-state index in [1.807, 2.05) is 50.2 Å². The van der Waals surface area contributed by atoms with E-state index in [2.05, 4.69) is 16.2 Å². The highest BCUT2D eigenvalue weighted by atomic mass is 32.2. The molecule has 3 N–H and O–H groups in total. The summed E-state index contributed by atoms with van der Waals surface area (Å²) in [6, 6.07) is 8.08. The largest absolute Gasteiger partial charge is 0.360 e. The van der Waals surface area contributed by atoms with E-state index in [4.69, 9.17) is 12.2 Å². The quantitative estimate of drug-likeness (QED) is 0.414. The number of carbonyl (C=O) groups excluding carboxylic acids is 1. The van der Waals surface area contributed by atoms with Crippen LogP contribution in [-0.4, -0.2) is 48.9 Å². The van der Waals surface area contributed by atoms with E-state index in [-0.39, 0.29) is 5.91 Å². The molecule has 5 nitrogen and oxygen atoms in total. The lowest BCUT2D eigenvalue weighted by atomic mass is 10.2. The van der Waals surface area contributed by atoms with E-state index in [0.717, 1.165) is 18.0 Å². The van der Waals surface area contributed by atoms with Crippen molar-refractivity contribution in [3.8, 4) is 0 Å². The van der Waals surface area contributed by atoms with Gasteiger partial charge in [-0.05, 0) is 45.4 Å². The lowest BCUT2D eigenvalue weighted by Crippen LogP contribution is -2.48. The smallest absolute Gasteiger partial charge is 0.248 e. The second-order valence-corrected chi connectivity index (χ2v) is 6.29. The number of aryl methyl sites for hydroxylation is 1. The molecule has 0 fully saturated rings. The van der Waals surface area contributed by atoms with Gasteiger partial charge in [0.2, 0.25) is 5.91 Å². The summed E-state index contributed by atoms with van der Waals surface area (Å²) in [5.41, 5.74) is 6.47. The van der Waals surface area contributed by atoms with Crippen molar-refractivity contribution in [3.63, 3.8) is 0 Å². The van der Waals surface area contributed by atoms with Crippen LogP contribution in [-0.2, 0) is 4.79 Å². The van der Waals surface area contributed by atoms with Gasteiger partial charge in [-0.1, -0.05) is 17.7 Å². The zero-order chi connectivity index (χ0) is 15.7. The molecule has 21 heavy (non-hydrogen) atoms. The van der Waals surface area contributed by atoms with Gasteiger partial charge in [0.05, 0.1) is 5.75 Å². The molecule has 1 aromatic rings. The molecule has 0 aliphatic carbocycles. The Labute approximate surface area is 135 Å². The zero-order valence-electron chi connectivity index (χ0n) is 12.6. The van der Waals surface area contributed by atoms with Crippen molar-refractivity contribution in [1.82, 2.24) is 21.1 Å². The highest BCUT2D eigenvalue weighted by Gasteiger charge is 2.03. The molecule has 0 spiro atoms. The third-order valence-electron chi connectivity index (χ3n) is 2.55. The van der Waals surface area contributed by atoms with Crippen LogP contribution in [0.25, 0.3) is 0 Å². The Kier molecular flexibility index (Phi) is 8.11. The molecule has 0 aliphatic heterocycles. The Morgan fingerprint density at radius 3 is 2.52 bits per heavy atom. The van der Waals surface area contributed by atoms with Crippen LogP contribution >= 0.6 is 24.0 Å². The normalized spacial score (nSPS) is 10.3. The number of nitrogens with zero attached hydrogens (tertiary/aromatic N) is 1. The molecule has 0 radical (unpaired) electrons. The molecule has 0 aliphatic rings. The summed E-state index contributed by atoms with van der Waals surface area (Å²) < 4.78 is 0. The molecule has 0 unspecified atom stereocenters. The molecule has 1 aromatic carbocycles. The van der Waals surface area contributed by atoms with Gasteiger partial charge >= 0.3 is 0 Å². The summed E-state index contributed by atoms with van der Waals surface area (Å²) in [6.45, 7) is 3.64. The van der Waals surface area contributed by atoms with E-state index < -0.39 is 0 Å². The fraction of sp³-hybridized carbons (Fsp3) is 0.429. The van der Waals surface area contributed by atoms with Gasteiger partial charge in [0.1, 0.15) is 0 Å². The third kappa shape index (κ3) is 8.54. The molecular formula is C14H22N4OS2. The molecule has 1 rings (SSSR count). The van der Waals surface area contributed by atoms with Crippen molar-refractivity contribution in [2.45, 2.75) is 11.8 Å². The Hall–Kier alpha value is -1.31. The van der Waals surface area contributed by atoms with Crippen molar-refractivity contribution in [2.24, 2.45) is 0 Å². The van der Waals surface area contributed by atoms with Gasteiger partial charge in [0.15, 0.2) is 5.11 Å². The van der Waals surface area contributed by atoms with Crippen LogP contribution in [0.2, 0.25) is 0 Å². The van der Waals surface area contributed by atoms with Gasteiger partial charge in [-0.25, -0.2) is 0 Å². The Bertz CT molecular complexity index is 463.